The highest BCUT2D eigenvalue weighted by Crippen LogP contribution is 2.32. The zero-order chi connectivity index (χ0) is 19.4. The summed E-state index contributed by atoms with van der Waals surface area (Å²) in [6.07, 6.45) is 0. The van der Waals surface area contributed by atoms with Crippen molar-refractivity contribution in [1.82, 2.24) is 5.32 Å². The van der Waals surface area contributed by atoms with E-state index in [1.165, 1.54) is 0 Å². The van der Waals surface area contributed by atoms with Crippen molar-refractivity contribution in [3.8, 4) is 11.5 Å². The molecule has 0 saturated heterocycles. The second-order valence-electron chi connectivity index (χ2n) is 6.75. The first-order valence-electron chi connectivity index (χ1n) is 8.86. The van der Waals surface area contributed by atoms with Gasteiger partial charge >= 0.3 is 0 Å². The predicted octanol–water partition coefficient (Wildman–Crippen LogP) is 2.66. The number of benzene rings is 2. The van der Waals surface area contributed by atoms with Gasteiger partial charge in [-0.15, -0.1) is 0 Å². The molecule has 0 radical (unpaired) electrons. The Morgan fingerprint density at radius 3 is 2.59 bits per heavy atom. The SMILES string of the molecule is C[C@H](NC(=O)C[NH+](C)Cc1ccc(Cl)c(Cl)c1)c1ccc2c(c1)OCCO2. The first kappa shape index (κ1) is 19.8. The molecule has 5 nitrogen and oxygen atoms in total. The van der Waals surface area contributed by atoms with E-state index >= 15 is 0 Å². The molecule has 1 aliphatic rings. The van der Waals surface area contributed by atoms with Gasteiger partial charge in [0.2, 0.25) is 0 Å². The molecular formula is C20H23Cl2N2O3+. The van der Waals surface area contributed by atoms with Gasteiger partial charge < -0.3 is 19.7 Å². The van der Waals surface area contributed by atoms with Crippen molar-refractivity contribution in [2.75, 3.05) is 26.8 Å². The topological polar surface area (TPSA) is 52.0 Å². The third-order valence-corrected chi connectivity index (χ3v) is 5.14. The highest BCUT2D eigenvalue weighted by molar-refractivity contribution is 6.42. The highest BCUT2D eigenvalue weighted by atomic mass is 35.5. The van der Waals surface area contributed by atoms with Crippen LogP contribution >= 0.6 is 23.2 Å². The van der Waals surface area contributed by atoms with E-state index in [-0.39, 0.29) is 11.9 Å². The molecule has 0 spiro atoms. The molecule has 2 aromatic rings. The minimum Gasteiger partial charge on any atom is -0.486 e. The zero-order valence-electron chi connectivity index (χ0n) is 15.4. The molecule has 27 heavy (non-hydrogen) atoms. The van der Waals surface area contributed by atoms with Gasteiger partial charge in [0.05, 0.1) is 23.1 Å². The molecule has 0 bridgehead atoms. The van der Waals surface area contributed by atoms with Gasteiger partial charge in [-0.3, -0.25) is 4.79 Å². The fourth-order valence-electron chi connectivity index (χ4n) is 3.04. The summed E-state index contributed by atoms with van der Waals surface area (Å²) in [5.74, 6) is 1.45. The Hall–Kier alpha value is -1.95. The van der Waals surface area contributed by atoms with Crippen LogP contribution in [0.1, 0.15) is 24.1 Å². The average Bonchev–Trinajstić information content (AvgIpc) is 2.64. The van der Waals surface area contributed by atoms with Crippen LogP contribution in [0.25, 0.3) is 0 Å². The average molecular weight is 410 g/mol. The van der Waals surface area contributed by atoms with E-state index in [9.17, 15) is 4.79 Å². The largest absolute Gasteiger partial charge is 0.486 e. The minimum atomic E-state index is -0.119. The lowest BCUT2D eigenvalue weighted by molar-refractivity contribution is -0.885. The molecule has 0 fully saturated rings. The number of hydrogen-bond acceptors (Lipinski definition) is 3. The Bertz CT molecular complexity index is 829. The Balaban J connectivity index is 1.54. The van der Waals surface area contributed by atoms with Crippen molar-refractivity contribution < 1.29 is 19.2 Å². The number of likely N-dealkylation sites (N-methyl/N-ethyl adjacent to an activating group) is 1. The lowest BCUT2D eigenvalue weighted by Crippen LogP contribution is -3.08. The molecule has 0 saturated carbocycles. The molecule has 2 aromatic carbocycles. The second-order valence-corrected chi connectivity index (χ2v) is 7.57. The van der Waals surface area contributed by atoms with Gasteiger partial charge in [0.15, 0.2) is 18.0 Å². The van der Waals surface area contributed by atoms with Crippen molar-refractivity contribution in [1.29, 1.82) is 0 Å². The molecule has 1 amide bonds. The van der Waals surface area contributed by atoms with Gasteiger partial charge in [-0.1, -0.05) is 35.3 Å². The minimum absolute atomic E-state index is 0.0186. The molecule has 0 aliphatic carbocycles. The Morgan fingerprint density at radius 1 is 1.11 bits per heavy atom. The quantitative estimate of drug-likeness (QED) is 0.770. The number of ether oxygens (including phenoxy) is 2. The number of rotatable bonds is 6. The van der Waals surface area contributed by atoms with Crippen LogP contribution in [0, 0.1) is 0 Å². The van der Waals surface area contributed by atoms with Crippen LogP contribution in [0.5, 0.6) is 11.5 Å². The summed E-state index contributed by atoms with van der Waals surface area (Å²) in [6, 6.07) is 11.2. The summed E-state index contributed by atoms with van der Waals surface area (Å²) in [4.78, 5) is 13.5. The van der Waals surface area contributed by atoms with E-state index in [0.717, 1.165) is 27.5 Å². The monoisotopic (exact) mass is 409 g/mol. The zero-order valence-corrected chi connectivity index (χ0v) is 16.9. The van der Waals surface area contributed by atoms with Crippen molar-refractivity contribution in [3.05, 3.63) is 57.6 Å². The molecule has 144 valence electrons. The Kier molecular flexibility index (Phi) is 6.47. The maximum atomic E-state index is 12.4. The number of hydrogen-bond donors (Lipinski definition) is 2. The van der Waals surface area contributed by atoms with Gasteiger partial charge in [-0.2, -0.15) is 0 Å². The van der Waals surface area contributed by atoms with Crippen LogP contribution in [-0.2, 0) is 11.3 Å². The standard InChI is InChI=1S/C20H22Cl2N2O3/c1-13(15-4-6-18-19(10-15)27-8-7-26-18)23-20(25)12-24(2)11-14-3-5-16(21)17(22)9-14/h3-6,9-10,13H,7-8,11-12H2,1-2H3,(H,23,25)/p+1/t13-/m0/s1. The smallest absolute Gasteiger partial charge is 0.275 e. The van der Waals surface area contributed by atoms with E-state index < -0.39 is 0 Å². The summed E-state index contributed by atoms with van der Waals surface area (Å²) in [5, 5.41) is 4.09. The van der Waals surface area contributed by atoms with Crippen LogP contribution in [0.3, 0.4) is 0 Å². The molecule has 2 atom stereocenters. The first-order chi connectivity index (χ1) is 12.9. The summed E-state index contributed by atoms with van der Waals surface area (Å²) in [7, 11) is 1.97. The molecule has 7 heteroatoms. The van der Waals surface area contributed by atoms with Crippen LogP contribution in [0.4, 0.5) is 0 Å². The van der Waals surface area contributed by atoms with Crippen molar-refractivity contribution >= 4 is 29.1 Å². The molecule has 2 N–H and O–H groups in total. The van der Waals surface area contributed by atoms with Gasteiger partial charge in [0.25, 0.3) is 5.91 Å². The fourth-order valence-corrected chi connectivity index (χ4v) is 3.36. The number of carbonyl (C=O) groups is 1. The van der Waals surface area contributed by atoms with E-state index in [2.05, 4.69) is 5.32 Å². The predicted molar refractivity (Wildman–Crippen MR) is 106 cm³/mol. The highest BCUT2D eigenvalue weighted by Gasteiger charge is 2.17. The Labute approximate surface area is 169 Å². The summed E-state index contributed by atoms with van der Waals surface area (Å²) in [5.41, 5.74) is 2.02. The third kappa shape index (κ3) is 5.28. The van der Waals surface area contributed by atoms with E-state index in [1.54, 1.807) is 6.07 Å². The van der Waals surface area contributed by atoms with Gasteiger partial charge in [-0.05, 0) is 36.8 Å². The van der Waals surface area contributed by atoms with E-state index in [4.69, 9.17) is 32.7 Å². The van der Waals surface area contributed by atoms with Gasteiger partial charge in [-0.25, -0.2) is 0 Å². The number of halogens is 2. The molecule has 0 aromatic heterocycles. The van der Waals surface area contributed by atoms with Crippen LogP contribution < -0.4 is 19.7 Å². The second kappa shape index (κ2) is 8.83. The van der Waals surface area contributed by atoms with E-state index in [1.807, 2.05) is 44.3 Å². The molecule has 1 aliphatic heterocycles. The fraction of sp³-hybridized carbons (Fsp3) is 0.350. The van der Waals surface area contributed by atoms with Crippen molar-refractivity contribution in [2.24, 2.45) is 0 Å². The summed E-state index contributed by atoms with van der Waals surface area (Å²) >= 11 is 12.0. The third-order valence-electron chi connectivity index (χ3n) is 4.40. The van der Waals surface area contributed by atoms with Crippen LogP contribution in [-0.4, -0.2) is 32.7 Å². The van der Waals surface area contributed by atoms with Crippen molar-refractivity contribution in [2.45, 2.75) is 19.5 Å². The number of quaternary nitrogens is 1. The van der Waals surface area contributed by atoms with Gasteiger partial charge in [0, 0.05) is 5.56 Å². The maximum absolute atomic E-state index is 12.4. The van der Waals surface area contributed by atoms with E-state index in [0.29, 0.717) is 36.3 Å². The Morgan fingerprint density at radius 2 is 1.85 bits per heavy atom. The summed E-state index contributed by atoms with van der Waals surface area (Å²) < 4.78 is 11.1. The number of carbonyl (C=O) groups excluding carboxylic acids is 1. The molecule has 1 heterocycles. The summed E-state index contributed by atoms with van der Waals surface area (Å²) in [6.45, 7) is 4.10. The number of nitrogens with one attached hydrogen (secondary N) is 2. The molecular weight excluding hydrogens is 387 g/mol. The van der Waals surface area contributed by atoms with Crippen LogP contribution in [0.15, 0.2) is 36.4 Å². The van der Waals surface area contributed by atoms with Crippen LogP contribution in [0.2, 0.25) is 10.0 Å². The molecule has 1 unspecified atom stereocenters. The number of amides is 1. The van der Waals surface area contributed by atoms with Crippen molar-refractivity contribution in [3.63, 3.8) is 0 Å². The van der Waals surface area contributed by atoms with Gasteiger partial charge in [0.1, 0.15) is 19.8 Å². The lowest BCUT2D eigenvalue weighted by Gasteiger charge is -2.21. The maximum Gasteiger partial charge on any atom is 0.275 e. The lowest BCUT2D eigenvalue weighted by atomic mass is 10.1. The molecule has 3 rings (SSSR count). The normalized spacial score (nSPS) is 15.1. The first-order valence-corrected chi connectivity index (χ1v) is 9.62. The number of fused-ring (bicyclic) bond motifs is 1.